The quantitative estimate of drug-likeness (QED) is 0.125. The molecule has 1 fully saturated rings. The largest absolute Gasteiger partial charge is 0.394 e. The zero-order valence-electron chi connectivity index (χ0n) is 21.4. The summed E-state index contributed by atoms with van der Waals surface area (Å²) in [6.07, 6.45) is 1.07. The Morgan fingerprint density at radius 3 is 2.11 bits per heavy atom. The predicted octanol–water partition coefficient (Wildman–Crippen LogP) is 0.731. The van der Waals surface area contributed by atoms with Gasteiger partial charge in [0.15, 0.2) is 6.29 Å². The number of nitrogens with one attached hydrogen (secondary N) is 1. The van der Waals surface area contributed by atoms with E-state index >= 15 is 0 Å². The summed E-state index contributed by atoms with van der Waals surface area (Å²) in [6.45, 7) is 3.29. The first-order valence-electron chi connectivity index (χ1n) is 13.3. The van der Waals surface area contributed by atoms with Gasteiger partial charge in [0, 0.05) is 6.42 Å². The number of amides is 1. The summed E-state index contributed by atoms with van der Waals surface area (Å²) >= 11 is 0. The molecule has 0 saturated carbocycles. The molecule has 35 heavy (non-hydrogen) atoms. The lowest BCUT2D eigenvalue weighted by atomic mass is 9.99. The molecule has 0 aromatic carbocycles. The minimum Gasteiger partial charge on any atom is -0.394 e. The highest BCUT2D eigenvalue weighted by Gasteiger charge is 2.44. The van der Waals surface area contributed by atoms with E-state index < -0.39 is 55.6 Å². The van der Waals surface area contributed by atoms with Gasteiger partial charge in [-0.05, 0) is 12.8 Å². The zero-order valence-corrected chi connectivity index (χ0v) is 21.4. The standard InChI is InChI=1S/C25H49NO9/c1-3-5-7-8-9-10-12-14-20(29)26-17(21(30)18(28)13-11-6-4-2)16-34-25-24(33)23(32)22(31)19(15-27)35-25/h17-19,21-25,27-28,30-33H,3-16H2,1-2H3,(H,26,29)/t17-,18+,19?,21-,22?,23?,24?,25?/m0/s1. The average Bonchev–Trinajstić information content (AvgIpc) is 2.85. The Kier molecular flexibility index (Phi) is 16.9. The number of carbonyl (C=O) groups excluding carboxylic acids is 1. The van der Waals surface area contributed by atoms with Crippen LogP contribution in [0.3, 0.4) is 0 Å². The number of aliphatic hydroxyl groups is 6. The van der Waals surface area contributed by atoms with Crippen molar-refractivity contribution in [3.63, 3.8) is 0 Å². The summed E-state index contributed by atoms with van der Waals surface area (Å²) < 4.78 is 10.9. The summed E-state index contributed by atoms with van der Waals surface area (Å²) in [6, 6.07) is -0.976. The molecule has 10 nitrogen and oxygen atoms in total. The van der Waals surface area contributed by atoms with E-state index in [-0.39, 0.29) is 18.9 Å². The van der Waals surface area contributed by atoms with E-state index in [4.69, 9.17) is 9.47 Å². The van der Waals surface area contributed by atoms with Crippen LogP contribution in [0.1, 0.15) is 90.9 Å². The Balaban J connectivity index is 2.67. The third-order valence-electron chi connectivity index (χ3n) is 6.55. The van der Waals surface area contributed by atoms with Gasteiger partial charge in [0.05, 0.1) is 25.4 Å². The van der Waals surface area contributed by atoms with Crippen LogP contribution in [-0.2, 0) is 14.3 Å². The maximum atomic E-state index is 12.5. The number of aliphatic hydroxyl groups excluding tert-OH is 6. The number of unbranched alkanes of at least 4 members (excludes halogenated alkanes) is 8. The van der Waals surface area contributed by atoms with Gasteiger partial charge in [-0.2, -0.15) is 0 Å². The topological polar surface area (TPSA) is 169 Å². The number of ether oxygens (including phenoxy) is 2. The maximum Gasteiger partial charge on any atom is 0.220 e. The van der Waals surface area contributed by atoms with E-state index in [2.05, 4.69) is 12.2 Å². The Morgan fingerprint density at radius 2 is 1.49 bits per heavy atom. The van der Waals surface area contributed by atoms with Crippen LogP contribution in [0.25, 0.3) is 0 Å². The smallest absolute Gasteiger partial charge is 0.220 e. The normalized spacial score (nSPS) is 27.4. The van der Waals surface area contributed by atoms with Crippen LogP contribution >= 0.6 is 0 Å². The molecule has 10 heteroatoms. The molecule has 1 aliphatic rings. The minimum absolute atomic E-state index is 0.277. The molecular formula is C25H49NO9. The molecule has 1 heterocycles. The molecule has 0 aliphatic carbocycles. The van der Waals surface area contributed by atoms with Crippen molar-refractivity contribution in [2.24, 2.45) is 0 Å². The Bertz CT molecular complexity index is 551. The molecule has 0 aromatic rings. The number of hydrogen-bond acceptors (Lipinski definition) is 9. The average molecular weight is 508 g/mol. The molecule has 7 N–H and O–H groups in total. The van der Waals surface area contributed by atoms with E-state index in [1.54, 1.807) is 0 Å². The highest BCUT2D eigenvalue weighted by molar-refractivity contribution is 5.76. The fraction of sp³-hybridized carbons (Fsp3) is 0.960. The summed E-state index contributed by atoms with van der Waals surface area (Å²) in [7, 11) is 0. The number of hydrogen-bond donors (Lipinski definition) is 7. The first-order chi connectivity index (χ1) is 16.8. The fourth-order valence-corrected chi connectivity index (χ4v) is 4.19. The number of carbonyl (C=O) groups is 1. The molecule has 1 amide bonds. The third kappa shape index (κ3) is 11.8. The van der Waals surface area contributed by atoms with E-state index in [1.807, 2.05) is 6.92 Å². The monoisotopic (exact) mass is 507 g/mol. The summed E-state index contributed by atoms with van der Waals surface area (Å²) in [5.41, 5.74) is 0. The van der Waals surface area contributed by atoms with Crippen LogP contribution in [0.15, 0.2) is 0 Å². The Hall–Kier alpha value is -0.850. The van der Waals surface area contributed by atoms with Gasteiger partial charge < -0.3 is 45.4 Å². The zero-order chi connectivity index (χ0) is 26.2. The second kappa shape index (κ2) is 18.4. The first-order valence-corrected chi connectivity index (χ1v) is 13.3. The highest BCUT2D eigenvalue weighted by atomic mass is 16.7. The molecule has 208 valence electrons. The van der Waals surface area contributed by atoms with Crippen LogP contribution in [0.2, 0.25) is 0 Å². The van der Waals surface area contributed by atoms with Crippen LogP contribution < -0.4 is 5.32 Å². The molecule has 5 unspecified atom stereocenters. The third-order valence-corrected chi connectivity index (χ3v) is 6.55. The summed E-state index contributed by atoms with van der Waals surface area (Å²) in [5, 5.41) is 63.3. The SMILES string of the molecule is CCCCCCCCCC(=O)N[C@@H](COC1OC(CO)C(O)C(O)C1O)[C@H](O)[C@H](O)CCCCC. The predicted molar refractivity (Wildman–Crippen MR) is 130 cm³/mol. The van der Waals surface area contributed by atoms with Crippen molar-refractivity contribution in [2.75, 3.05) is 13.2 Å². The van der Waals surface area contributed by atoms with Gasteiger partial charge >= 0.3 is 0 Å². The van der Waals surface area contributed by atoms with Gasteiger partial charge in [0.25, 0.3) is 0 Å². The highest BCUT2D eigenvalue weighted by Crippen LogP contribution is 2.22. The lowest BCUT2D eigenvalue weighted by Crippen LogP contribution is -2.60. The molecule has 0 bridgehead atoms. The molecule has 0 radical (unpaired) electrons. The van der Waals surface area contributed by atoms with Crippen LogP contribution in [0.5, 0.6) is 0 Å². The molecule has 1 aliphatic heterocycles. The summed E-state index contributed by atoms with van der Waals surface area (Å²) in [5.74, 6) is -0.277. The van der Waals surface area contributed by atoms with Gasteiger partial charge in [-0.15, -0.1) is 0 Å². The second-order valence-corrected chi connectivity index (χ2v) is 9.63. The van der Waals surface area contributed by atoms with Crippen molar-refractivity contribution in [1.82, 2.24) is 5.32 Å². The van der Waals surface area contributed by atoms with Crippen LogP contribution in [0, 0.1) is 0 Å². The van der Waals surface area contributed by atoms with E-state index in [0.717, 1.165) is 38.5 Å². The Morgan fingerprint density at radius 1 is 0.886 bits per heavy atom. The van der Waals surface area contributed by atoms with E-state index in [1.165, 1.54) is 19.3 Å². The van der Waals surface area contributed by atoms with Gasteiger partial charge in [0.2, 0.25) is 5.91 Å². The Labute approximate surface area is 209 Å². The molecule has 0 aromatic heterocycles. The molecule has 1 rings (SSSR count). The van der Waals surface area contributed by atoms with Crippen LogP contribution in [0.4, 0.5) is 0 Å². The lowest BCUT2D eigenvalue weighted by molar-refractivity contribution is -0.303. The van der Waals surface area contributed by atoms with Crippen molar-refractivity contribution in [2.45, 2.75) is 140 Å². The lowest BCUT2D eigenvalue weighted by Gasteiger charge is -2.40. The summed E-state index contributed by atoms with van der Waals surface area (Å²) in [4.78, 5) is 12.5. The van der Waals surface area contributed by atoms with Gasteiger partial charge in [-0.1, -0.05) is 71.6 Å². The number of rotatable bonds is 19. The van der Waals surface area contributed by atoms with Crippen molar-refractivity contribution >= 4 is 5.91 Å². The molecular weight excluding hydrogens is 458 g/mol. The van der Waals surface area contributed by atoms with Crippen molar-refractivity contribution in [3.05, 3.63) is 0 Å². The molecule has 0 spiro atoms. The van der Waals surface area contributed by atoms with E-state index in [0.29, 0.717) is 12.8 Å². The van der Waals surface area contributed by atoms with Gasteiger partial charge in [-0.25, -0.2) is 0 Å². The minimum atomic E-state index is -1.60. The maximum absolute atomic E-state index is 12.5. The first kappa shape index (κ1) is 32.2. The van der Waals surface area contributed by atoms with E-state index in [9.17, 15) is 35.4 Å². The van der Waals surface area contributed by atoms with Gasteiger partial charge in [0.1, 0.15) is 30.5 Å². The van der Waals surface area contributed by atoms with Crippen molar-refractivity contribution in [3.8, 4) is 0 Å². The van der Waals surface area contributed by atoms with Crippen molar-refractivity contribution < 1.29 is 44.9 Å². The fourth-order valence-electron chi connectivity index (χ4n) is 4.19. The van der Waals surface area contributed by atoms with Gasteiger partial charge in [-0.3, -0.25) is 4.79 Å². The van der Waals surface area contributed by atoms with Crippen LogP contribution in [-0.4, -0.2) is 98.7 Å². The second-order valence-electron chi connectivity index (χ2n) is 9.63. The molecule has 1 saturated heterocycles. The molecule has 8 atom stereocenters. The van der Waals surface area contributed by atoms with Crippen molar-refractivity contribution in [1.29, 1.82) is 0 Å².